The topological polar surface area (TPSA) is 40.5 Å². The fourth-order valence-electron chi connectivity index (χ4n) is 3.90. The Morgan fingerprint density at radius 3 is 2.50 bits per heavy atom. The highest BCUT2D eigenvalue weighted by Gasteiger charge is 2.27. The summed E-state index contributed by atoms with van der Waals surface area (Å²) in [5.74, 6) is 0.299. The Labute approximate surface area is 121 Å². The molecule has 0 bridgehead atoms. The van der Waals surface area contributed by atoms with Crippen molar-refractivity contribution in [3.05, 3.63) is 34.9 Å². The average molecular weight is 274 g/mol. The molecule has 0 spiro atoms. The Hall–Kier alpha value is -0.860. The predicted octanol–water partition coefficient (Wildman–Crippen LogP) is 3.02. The summed E-state index contributed by atoms with van der Waals surface area (Å²) >= 11 is 0. The molecule has 20 heavy (non-hydrogen) atoms. The van der Waals surface area contributed by atoms with Crippen molar-refractivity contribution in [3.63, 3.8) is 0 Å². The van der Waals surface area contributed by atoms with Crippen LogP contribution < -0.4 is 0 Å². The predicted molar refractivity (Wildman–Crippen MR) is 80.8 cm³/mol. The van der Waals surface area contributed by atoms with Crippen molar-refractivity contribution in [2.75, 3.05) is 0 Å². The van der Waals surface area contributed by atoms with Gasteiger partial charge in [-0.2, -0.15) is 0 Å². The summed E-state index contributed by atoms with van der Waals surface area (Å²) in [6.07, 6.45) is 8.88. The number of fused-ring (bicyclic) bond motifs is 1. The van der Waals surface area contributed by atoms with Crippen molar-refractivity contribution in [1.29, 1.82) is 0 Å². The van der Waals surface area contributed by atoms with Gasteiger partial charge in [-0.1, -0.05) is 37.5 Å². The fourth-order valence-corrected chi connectivity index (χ4v) is 3.90. The molecule has 2 N–H and O–H groups in total. The maximum atomic E-state index is 10.3. The quantitative estimate of drug-likeness (QED) is 0.886. The summed E-state index contributed by atoms with van der Waals surface area (Å²) in [4.78, 5) is 0. The Morgan fingerprint density at radius 2 is 1.70 bits per heavy atom. The zero-order chi connectivity index (χ0) is 13.9. The van der Waals surface area contributed by atoms with Gasteiger partial charge in [-0.15, -0.1) is 0 Å². The van der Waals surface area contributed by atoms with E-state index >= 15 is 0 Å². The third-order valence-corrected chi connectivity index (χ3v) is 5.13. The number of aryl methyl sites for hydroxylation is 2. The van der Waals surface area contributed by atoms with Crippen LogP contribution in [-0.2, 0) is 19.3 Å². The average Bonchev–Trinajstić information content (AvgIpc) is 2.95. The number of hydrogen-bond acceptors (Lipinski definition) is 2. The molecule has 0 aliphatic heterocycles. The van der Waals surface area contributed by atoms with Crippen LogP contribution in [0.15, 0.2) is 18.2 Å². The van der Waals surface area contributed by atoms with Gasteiger partial charge in [0, 0.05) is 6.42 Å². The molecule has 1 aromatic carbocycles. The van der Waals surface area contributed by atoms with Crippen LogP contribution in [0.4, 0.5) is 0 Å². The molecule has 110 valence electrons. The van der Waals surface area contributed by atoms with Gasteiger partial charge in [-0.3, -0.25) is 0 Å². The van der Waals surface area contributed by atoms with E-state index in [1.807, 2.05) is 0 Å². The van der Waals surface area contributed by atoms with E-state index in [0.29, 0.717) is 12.3 Å². The van der Waals surface area contributed by atoms with Gasteiger partial charge in [0.15, 0.2) is 0 Å². The zero-order valence-corrected chi connectivity index (χ0v) is 12.2. The number of hydrogen-bond donors (Lipinski definition) is 2. The van der Waals surface area contributed by atoms with Crippen LogP contribution in [0.5, 0.6) is 0 Å². The van der Waals surface area contributed by atoms with E-state index in [1.54, 1.807) is 0 Å². The zero-order valence-electron chi connectivity index (χ0n) is 12.2. The minimum atomic E-state index is -0.613. The molecule has 2 nitrogen and oxygen atoms in total. The molecule has 2 heteroatoms. The molecular weight excluding hydrogens is 248 g/mol. The largest absolute Gasteiger partial charge is 0.390 e. The van der Waals surface area contributed by atoms with E-state index < -0.39 is 12.2 Å². The highest BCUT2D eigenvalue weighted by atomic mass is 16.3. The Balaban J connectivity index is 1.61. The van der Waals surface area contributed by atoms with Crippen molar-refractivity contribution >= 4 is 0 Å². The highest BCUT2D eigenvalue weighted by molar-refractivity contribution is 5.35. The van der Waals surface area contributed by atoms with Gasteiger partial charge in [0.2, 0.25) is 0 Å². The van der Waals surface area contributed by atoms with E-state index in [4.69, 9.17) is 0 Å². The lowest BCUT2D eigenvalue weighted by molar-refractivity contribution is -0.0263. The lowest BCUT2D eigenvalue weighted by Gasteiger charge is -2.29. The van der Waals surface area contributed by atoms with E-state index in [9.17, 15) is 10.2 Å². The van der Waals surface area contributed by atoms with Crippen LogP contribution in [0.3, 0.4) is 0 Å². The lowest BCUT2D eigenvalue weighted by atomic mass is 9.82. The Kier molecular flexibility index (Phi) is 4.42. The van der Waals surface area contributed by atoms with Gasteiger partial charge in [-0.25, -0.2) is 0 Å². The molecule has 0 aromatic heterocycles. The third-order valence-electron chi connectivity index (χ3n) is 5.13. The normalized spacial score (nSPS) is 22.5. The van der Waals surface area contributed by atoms with Gasteiger partial charge in [0.05, 0.1) is 12.2 Å². The summed E-state index contributed by atoms with van der Waals surface area (Å²) in [5, 5.41) is 20.7. The van der Waals surface area contributed by atoms with Crippen LogP contribution >= 0.6 is 0 Å². The minimum Gasteiger partial charge on any atom is -0.390 e. The van der Waals surface area contributed by atoms with Crippen molar-refractivity contribution in [1.82, 2.24) is 0 Å². The number of aliphatic hydroxyl groups is 2. The van der Waals surface area contributed by atoms with Crippen molar-refractivity contribution < 1.29 is 10.2 Å². The second-order valence-corrected chi connectivity index (χ2v) is 6.62. The van der Waals surface area contributed by atoms with Gasteiger partial charge in [0.25, 0.3) is 0 Å². The van der Waals surface area contributed by atoms with Gasteiger partial charge >= 0.3 is 0 Å². The number of benzene rings is 1. The molecule has 2 aliphatic rings. The van der Waals surface area contributed by atoms with Crippen LogP contribution in [0.1, 0.15) is 55.2 Å². The molecule has 1 fully saturated rings. The molecule has 1 saturated carbocycles. The molecule has 0 amide bonds. The highest BCUT2D eigenvalue weighted by Crippen LogP contribution is 2.29. The first-order valence-electron chi connectivity index (χ1n) is 8.21. The summed E-state index contributed by atoms with van der Waals surface area (Å²) in [6.45, 7) is 0. The molecule has 0 radical (unpaired) electrons. The fraction of sp³-hybridized carbons (Fsp3) is 0.667. The van der Waals surface area contributed by atoms with Crippen LogP contribution in [0.2, 0.25) is 0 Å². The first kappa shape index (κ1) is 14.1. The minimum absolute atomic E-state index is 0.299. The summed E-state index contributed by atoms with van der Waals surface area (Å²) in [6, 6.07) is 6.57. The van der Waals surface area contributed by atoms with Crippen molar-refractivity contribution in [3.8, 4) is 0 Å². The molecule has 0 heterocycles. The third kappa shape index (κ3) is 3.07. The number of rotatable bonds is 4. The lowest BCUT2D eigenvalue weighted by Crippen LogP contribution is -2.36. The SMILES string of the molecule is OC(Cc1ccc2c(c1)CCC2)C(O)C1CCCCC1. The molecular formula is C18H26O2. The molecule has 2 aliphatic carbocycles. The maximum Gasteiger partial charge on any atom is 0.0842 e. The second-order valence-electron chi connectivity index (χ2n) is 6.62. The van der Waals surface area contributed by atoms with E-state index in [-0.39, 0.29) is 0 Å². The van der Waals surface area contributed by atoms with Crippen molar-refractivity contribution in [2.24, 2.45) is 5.92 Å². The molecule has 2 atom stereocenters. The van der Waals surface area contributed by atoms with Crippen molar-refractivity contribution in [2.45, 2.75) is 70.0 Å². The summed E-state index contributed by atoms with van der Waals surface area (Å²) < 4.78 is 0. The Morgan fingerprint density at radius 1 is 0.950 bits per heavy atom. The summed E-state index contributed by atoms with van der Waals surface area (Å²) in [5.41, 5.74) is 4.09. The first-order chi connectivity index (χ1) is 9.74. The molecule has 3 rings (SSSR count). The smallest absolute Gasteiger partial charge is 0.0842 e. The molecule has 0 saturated heterocycles. The number of aliphatic hydroxyl groups excluding tert-OH is 2. The van der Waals surface area contributed by atoms with E-state index in [0.717, 1.165) is 12.8 Å². The molecule has 2 unspecified atom stereocenters. The van der Waals surface area contributed by atoms with Gasteiger partial charge in [0.1, 0.15) is 0 Å². The van der Waals surface area contributed by atoms with E-state index in [2.05, 4.69) is 18.2 Å². The second kappa shape index (κ2) is 6.28. The first-order valence-corrected chi connectivity index (χ1v) is 8.21. The molecule has 1 aromatic rings. The summed E-state index contributed by atoms with van der Waals surface area (Å²) in [7, 11) is 0. The standard InChI is InChI=1S/C18H26O2/c19-17(18(20)15-5-2-1-3-6-15)12-13-9-10-14-7-4-8-16(14)11-13/h9-11,15,17-20H,1-8,12H2. The monoisotopic (exact) mass is 274 g/mol. The maximum absolute atomic E-state index is 10.3. The van der Waals surface area contributed by atoms with Gasteiger partial charge < -0.3 is 10.2 Å². The van der Waals surface area contributed by atoms with Gasteiger partial charge in [-0.05, 0) is 54.7 Å². The van der Waals surface area contributed by atoms with Crippen LogP contribution in [0.25, 0.3) is 0 Å². The van der Waals surface area contributed by atoms with E-state index in [1.165, 1.54) is 55.2 Å². The van der Waals surface area contributed by atoms with Crippen LogP contribution in [-0.4, -0.2) is 22.4 Å². The Bertz CT molecular complexity index is 449. The van der Waals surface area contributed by atoms with Crippen LogP contribution in [0, 0.1) is 5.92 Å².